The lowest BCUT2D eigenvalue weighted by atomic mass is 10.1. The molecular formula is C15H9BrF3N3O. The van der Waals surface area contributed by atoms with Gasteiger partial charge in [0, 0.05) is 10.7 Å². The van der Waals surface area contributed by atoms with Crippen molar-refractivity contribution in [3.63, 3.8) is 0 Å². The quantitative estimate of drug-likeness (QED) is 0.688. The highest BCUT2D eigenvalue weighted by Gasteiger charge is 2.31. The summed E-state index contributed by atoms with van der Waals surface area (Å²) in [4.78, 5) is 22.8. The van der Waals surface area contributed by atoms with E-state index in [0.717, 1.165) is 28.4 Å². The van der Waals surface area contributed by atoms with Crippen LogP contribution in [0.25, 0.3) is 22.4 Å². The van der Waals surface area contributed by atoms with Crippen molar-refractivity contribution in [1.82, 2.24) is 15.0 Å². The van der Waals surface area contributed by atoms with Crippen LogP contribution in [-0.4, -0.2) is 15.0 Å². The Labute approximate surface area is 136 Å². The van der Waals surface area contributed by atoms with Crippen LogP contribution in [0.5, 0.6) is 0 Å². The van der Waals surface area contributed by atoms with Crippen molar-refractivity contribution in [1.29, 1.82) is 0 Å². The molecule has 0 fully saturated rings. The second kappa shape index (κ2) is 5.45. The van der Waals surface area contributed by atoms with Crippen LogP contribution in [0.2, 0.25) is 0 Å². The van der Waals surface area contributed by atoms with E-state index in [-0.39, 0.29) is 11.5 Å². The SMILES string of the molecule is Cc1cc(Br)cc2c(=O)[nH]c(-c3cc(C(F)(F)F)ccn3)nc12. The van der Waals surface area contributed by atoms with Crippen LogP contribution in [-0.2, 0) is 6.18 Å². The van der Waals surface area contributed by atoms with Gasteiger partial charge in [-0.1, -0.05) is 15.9 Å². The molecule has 1 N–H and O–H groups in total. The fraction of sp³-hybridized carbons (Fsp3) is 0.133. The molecule has 0 radical (unpaired) electrons. The lowest BCUT2D eigenvalue weighted by Crippen LogP contribution is -2.12. The Morgan fingerprint density at radius 2 is 1.96 bits per heavy atom. The molecule has 0 spiro atoms. The standard InChI is InChI=1S/C15H9BrF3N3O/c1-7-4-9(16)6-10-12(7)21-13(22-14(10)23)11-5-8(2-3-20-11)15(17,18)19/h2-6H,1H3,(H,21,22,23). The van der Waals surface area contributed by atoms with Crippen molar-refractivity contribution >= 4 is 26.8 Å². The average molecular weight is 384 g/mol. The van der Waals surface area contributed by atoms with Gasteiger partial charge in [-0.3, -0.25) is 9.78 Å². The first-order valence-electron chi connectivity index (χ1n) is 6.49. The number of aromatic nitrogens is 3. The minimum Gasteiger partial charge on any atom is -0.305 e. The maximum atomic E-state index is 12.8. The summed E-state index contributed by atoms with van der Waals surface area (Å²) in [7, 11) is 0. The molecule has 0 unspecified atom stereocenters. The minimum absolute atomic E-state index is 0.000905. The Morgan fingerprint density at radius 3 is 2.65 bits per heavy atom. The number of alkyl halides is 3. The number of nitrogens with one attached hydrogen (secondary N) is 1. The van der Waals surface area contributed by atoms with Crippen LogP contribution in [0.3, 0.4) is 0 Å². The van der Waals surface area contributed by atoms with E-state index in [1.165, 1.54) is 0 Å². The summed E-state index contributed by atoms with van der Waals surface area (Å²) in [5.74, 6) is -0.000905. The predicted octanol–water partition coefficient (Wildman–Crippen LogP) is 4.07. The summed E-state index contributed by atoms with van der Waals surface area (Å²) in [6.45, 7) is 1.77. The maximum absolute atomic E-state index is 12.8. The summed E-state index contributed by atoms with van der Waals surface area (Å²) in [5, 5.41) is 0.354. The topological polar surface area (TPSA) is 58.6 Å². The first-order valence-corrected chi connectivity index (χ1v) is 7.29. The third-order valence-electron chi connectivity index (χ3n) is 3.30. The highest BCUT2D eigenvalue weighted by atomic mass is 79.9. The summed E-state index contributed by atoms with van der Waals surface area (Å²) < 4.78 is 39.1. The lowest BCUT2D eigenvalue weighted by Gasteiger charge is -2.09. The van der Waals surface area contributed by atoms with Crippen LogP contribution in [0.1, 0.15) is 11.1 Å². The number of halogens is 4. The van der Waals surface area contributed by atoms with Crippen molar-refractivity contribution < 1.29 is 13.2 Å². The van der Waals surface area contributed by atoms with Crippen LogP contribution < -0.4 is 5.56 Å². The van der Waals surface area contributed by atoms with E-state index < -0.39 is 17.3 Å². The molecular weight excluding hydrogens is 375 g/mol. The first-order chi connectivity index (χ1) is 10.8. The molecule has 4 nitrogen and oxygen atoms in total. The van der Waals surface area contributed by atoms with Gasteiger partial charge in [-0.15, -0.1) is 0 Å². The zero-order valence-corrected chi connectivity index (χ0v) is 13.3. The third kappa shape index (κ3) is 2.98. The number of aromatic amines is 1. The van der Waals surface area contributed by atoms with E-state index in [1.54, 1.807) is 19.1 Å². The van der Waals surface area contributed by atoms with Gasteiger partial charge in [0.15, 0.2) is 5.82 Å². The molecule has 1 aromatic carbocycles. The van der Waals surface area contributed by atoms with Crippen molar-refractivity contribution in [2.75, 3.05) is 0 Å². The molecule has 0 aliphatic heterocycles. The summed E-state index contributed by atoms with van der Waals surface area (Å²) in [6, 6.07) is 5.11. The van der Waals surface area contributed by atoms with E-state index in [2.05, 4.69) is 30.9 Å². The van der Waals surface area contributed by atoms with E-state index in [4.69, 9.17) is 0 Å². The summed E-state index contributed by atoms with van der Waals surface area (Å²) in [6.07, 6.45) is -3.45. The van der Waals surface area contributed by atoms with Gasteiger partial charge in [-0.2, -0.15) is 13.2 Å². The highest BCUT2D eigenvalue weighted by molar-refractivity contribution is 9.10. The van der Waals surface area contributed by atoms with Crippen molar-refractivity contribution in [3.05, 3.63) is 56.4 Å². The first kappa shape index (κ1) is 15.7. The molecule has 0 saturated carbocycles. The molecule has 0 amide bonds. The monoisotopic (exact) mass is 383 g/mol. The van der Waals surface area contributed by atoms with Crippen molar-refractivity contribution in [2.24, 2.45) is 0 Å². The minimum atomic E-state index is -4.49. The molecule has 3 rings (SSSR count). The van der Waals surface area contributed by atoms with Crippen LogP contribution in [0.15, 0.2) is 39.7 Å². The molecule has 0 aliphatic rings. The van der Waals surface area contributed by atoms with E-state index in [0.29, 0.717) is 10.9 Å². The molecule has 0 aliphatic carbocycles. The molecule has 23 heavy (non-hydrogen) atoms. The van der Waals surface area contributed by atoms with Gasteiger partial charge in [-0.25, -0.2) is 4.98 Å². The summed E-state index contributed by atoms with van der Waals surface area (Å²) in [5.41, 5.74) is -0.174. The zero-order valence-electron chi connectivity index (χ0n) is 11.7. The number of fused-ring (bicyclic) bond motifs is 1. The number of nitrogens with zero attached hydrogens (tertiary/aromatic N) is 2. The van der Waals surface area contributed by atoms with Gasteiger partial charge < -0.3 is 4.98 Å². The van der Waals surface area contributed by atoms with Crippen molar-refractivity contribution in [3.8, 4) is 11.5 Å². The third-order valence-corrected chi connectivity index (χ3v) is 3.75. The molecule has 0 saturated heterocycles. The van der Waals surface area contributed by atoms with Gasteiger partial charge in [-0.05, 0) is 36.8 Å². The van der Waals surface area contributed by atoms with E-state index in [1.807, 2.05) is 0 Å². The van der Waals surface area contributed by atoms with Gasteiger partial charge in [0.1, 0.15) is 5.69 Å². The number of pyridine rings is 1. The normalized spacial score (nSPS) is 11.9. The number of aryl methyl sites for hydroxylation is 1. The van der Waals surface area contributed by atoms with Gasteiger partial charge in [0.25, 0.3) is 5.56 Å². The van der Waals surface area contributed by atoms with Crippen molar-refractivity contribution in [2.45, 2.75) is 13.1 Å². The number of hydrogen-bond donors (Lipinski definition) is 1. The number of benzene rings is 1. The number of H-pyrrole nitrogens is 1. The molecule has 118 valence electrons. The Bertz CT molecular complexity index is 966. The van der Waals surface area contributed by atoms with Gasteiger partial charge in [0.05, 0.1) is 16.5 Å². The summed E-state index contributed by atoms with van der Waals surface area (Å²) >= 11 is 3.29. The number of hydrogen-bond acceptors (Lipinski definition) is 3. The van der Waals surface area contributed by atoms with Crippen LogP contribution in [0.4, 0.5) is 13.2 Å². The molecule has 3 aromatic rings. The van der Waals surface area contributed by atoms with Gasteiger partial charge >= 0.3 is 6.18 Å². The number of rotatable bonds is 1. The smallest absolute Gasteiger partial charge is 0.305 e. The second-order valence-electron chi connectivity index (χ2n) is 4.96. The Balaban J connectivity index is 2.24. The predicted molar refractivity (Wildman–Crippen MR) is 83.0 cm³/mol. The lowest BCUT2D eigenvalue weighted by molar-refractivity contribution is -0.137. The average Bonchev–Trinajstić information content (AvgIpc) is 2.47. The van der Waals surface area contributed by atoms with E-state index >= 15 is 0 Å². The van der Waals surface area contributed by atoms with Crippen LogP contribution in [0, 0.1) is 6.92 Å². The fourth-order valence-electron chi connectivity index (χ4n) is 2.23. The maximum Gasteiger partial charge on any atom is 0.416 e. The molecule has 0 bridgehead atoms. The van der Waals surface area contributed by atoms with E-state index in [9.17, 15) is 18.0 Å². The molecule has 2 aromatic heterocycles. The molecule has 0 atom stereocenters. The van der Waals surface area contributed by atoms with Gasteiger partial charge in [0.2, 0.25) is 0 Å². The van der Waals surface area contributed by atoms with Crippen LogP contribution >= 0.6 is 15.9 Å². The second-order valence-corrected chi connectivity index (χ2v) is 5.88. The zero-order chi connectivity index (χ0) is 16.8. The Morgan fingerprint density at radius 1 is 1.22 bits per heavy atom. The fourth-order valence-corrected chi connectivity index (χ4v) is 2.80. The molecule has 2 heterocycles. The molecule has 8 heteroatoms. The highest BCUT2D eigenvalue weighted by Crippen LogP contribution is 2.30. The Kier molecular flexibility index (Phi) is 3.71. The Hall–Kier alpha value is -2.22. The largest absolute Gasteiger partial charge is 0.416 e.